The Balaban J connectivity index is 1.38. The van der Waals surface area contributed by atoms with Gasteiger partial charge in [0.25, 0.3) is 11.8 Å². The van der Waals surface area contributed by atoms with Crippen LogP contribution in [0, 0.1) is 0 Å². The molecule has 1 saturated heterocycles. The number of hydrogen-bond acceptors (Lipinski definition) is 6. The van der Waals surface area contributed by atoms with Crippen LogP contribution in [-0.4, -0.2) is 63.9 Å². The van der Waals surface area contributed by atoms with Crippen LogP contribution in [-0.2, 0) is 21.2 Å². The van der Waals surface area contributed by atoms with Crippen molar-refractivity contribution in [3.8, 4) is 11.5 Å². The van der Waals surface area contributed by atoms with Gasteiger partial charge >= 0.3 is 0 Å². The number of rotatable bonds is 8. The number of benzene rings is 3. The van der Waals surface area contributed by atoms with Crippen LogP contribution in [0.2, 0.25) is 0 Å². The number of methoxy groups -OCH3 is 1. The van der Waals surface area contributed by atoms with Crippen molar-refractivity contribution in [2.45, 2.75) is 30.3 Å². The normalized spacial score (nSPS) is 17.3. The Morgan fingerprint density at radius 2 is 1.72 bits per heavy atom. The van der Waals surface area contributed by atoms with E-state index >= 15 is 0 Å². The molecule has 0 bridgehead atoms. The van der Waals surface area contributed by atoms with Crippen molar-refractivity contribution in [3.05, 3.63) is 83.9 Å². The number of ether oxygens (including phenoxy) is 2. The Kier molecular flexibility index (Phi) is 7.85. The quantitative estimate of drug-likeness (QED) is 0.463. The lowest BCUT2D eigenvalue weighted by Crippen LogP contribution is -2.51. The summed E-state index contributed by atoms with van der Waals surface area (Å²) in [5.41, 5.74) is 1.79. The third-order valence-electron chi connectivity index (χ3n) is 6.96. The molecule has 204 valence electrons. The topological polar surface area (TPSA) is 105 Å². The van der Waals surface area contributed by atoms with Gasteiger partial charge in [0, 0.05) is 25.2 Å². The molecule has 1 fully saturated rings. The van der Waals surface area contributed by atoms with Gasteiger partial charge in [-0.3, -0.25) is 9.59 Å². The van der Waals surface area contributed by atoms with E-state index in [0.717, 1.165) is 18.4 Å². The van der Waals surface area contributed by atoms with Crippen molar-refractivity contribution in [3.63, 3.8) is 0 Å². The number of hydrogen-bond donors (Lipinski definition) is 1. The molecule has 1 atom stereocenters. The first kappa shape index (κ1) is 26.7. The van der Waals surface area contributed by atoms with Crippen LogP contribution in [0.3, 0.4) is 0 Å². The predicted molar refractivity (Wildman–Crippen MR) is 147 cm³/mol. The molecule has 0 radical (unpaired) electrons. The molecule has 10 heteroatoms. The highest BCUT2D eigenvalue weighted by molar-refractivity contribution is 7.89. The Hall–Kier alpha value is -3.89. The molecule has 0 unspecified atom stereocenters. The van der Waals surface area contributed by atoms with Gasteiger partial charge in [-0.25, -0.2) is 8.42 Å². The van der Waals surface area contributed by atoms with E-state index in [0.29, 0.717) is 37.5 Å². The first-order valence-corrected chi connectivity index (χ1v) is 14.4. The van der Waals surface area contributed by atoms with E-state index in [1.165, 1.54) is 34.5 Å². The van der Waals surface area contributed by atoms with E-state index in [2.05, 4.69) is 5.32 Å². The van der Waals surface area contributed by atoms with Crippen LogP contribution in [0.25, 0.3) is 0 Å². The maximum absolute atomic E-state index is 13.8. The molecule has 0 aliphatic carbocycles. The lowest BCUT2D eigenvalue weighted by Gasteiger charge is -2.34. The monoisotopic (exact) mass is 549 g/mol. The second-order valence-corrected chi connectivity index (χ2v) is 11.4. The second kappa shape index (κ2) is 11.5. The molecule has 2 heterocycles. The van der Waals surface area contributed by atoms with Gasteiger partial charge in [-0.15, -0.1) is 0 Å². The molecule has 2 amide bonds. The largest absolute Gasteiger partial charge is 0.495 e. The smallest absolute Gasteiger partial charge is 0.262 e. The molecule has 1 N–H and O–H groups in total. The number of para-hydroxylation sites is 2. The molecule has 5 rings (SSSR count). The summed E-state index contributed by atoms with van der Waals surface area (Å²) in [4.78, 5) is 28.3. The number of fused-ring (bicyclic) bond motifs is 1. The van der Waals surface area contributed by atoms with Crippen LogP contribution in [0.5, 0.6) is 11.5 Å². The highest BCUT2D eigenvalue weighted by Crippen LogP contribution is 2.35. The van der Waals surface area contributed by atoms with Crippen molar-refractivity contribution >= 4 is 27.5 Å². The van der Waals surface area contributed by atoms with Crippen molar-refractivity contribution in [2.75, 3.05) is 38.2 Å². The van der Waals surface area contributed by atoms with Crippen molar-refractivity contribution in [1.82, 2.24) is 9.62 Å². The van der Waals surface area contributed by atoms with E-state index in [1.54, 1.807) is 24.3 Å². The summed E-state index contributed by atoms with van der Waals surface area (Å²) in [5.74, 6) is -0.186. The molecule has 2 aliphatic heterocycles. The van der Waals surface area contributed by atoms with Crippen LogP contribution in [0.15, 0.2) is 77.7 Å². The van der Waals surface area contributed by atoms with Gasteiger partial charge in [0.15, 0.2) is 6.10 Å². The molecule has 39 heavy (non-hydrogen) atoms. The maximum Gasteiger partial charge on any atom is 0.262 e. The number of anilines is 1. The maximum atomic E-state index is 13.8. The minimum Gasteiger partial charge on any atom is -0.495 e. The number of amides is 2. The zero-order valence-electron chi connectivity index (χ0n) is 21.7. The van der Waals surface area contributed by atoms with Gasteiger partial charge in [-0.1, -0.05) is 42.5 Å². The highest BCUT2D eigenvalue weighted by atomic mass is 32.2. The fourth-order valence-electron chi connectivity index (χ4n) is 4.89. The average Bonchev–Trinajstić information content (AvgIpc) is 3.53. The van der Waals surface area contributed by atoms with Gasteiger partial charge in [0.1, 0.15) is 16.4 Å². The Morgan fingerprint density at radius 1 is 1.00 bits per heavy atom. The van der Waals surface area contributed by atoms with Crippen LogP contribution in [0.4, 0.5) is 5.69 Å². The third kappa shape index (κ3) is 5.62. The summed E-state index contributed by atoms with van der Waals surface area (Å²) >= 11 is 0. The van der Waals surface area contributed by atoms with Crippen molar-refractivity contribution in [1.29, 1.82) is 0 Å². The molecule has 2 aliphatic rings. The minimum absolute atomic E-state index is 0.0206. The summed E-state index contributed by atoms with van der Waals surface area (Å²) < 4.78 is 39.4. The van der Waals surface area contributed by atoms with E-state index in [-0.39, 0.29) is 28.7 Å². The van der Waals surface area contributed by atoms with Crippen LogP contribution in [0.1, 0.15) is 28.8 Å². The van der Waals surface area contributed by atoms with Crippen LogP contribution < -0.4 is 19.7 Å². The minimum atomic E-state index is -3.84. The van der Waals surface area contributed by atoms with Gasteiger partial charge in [-0.2, -0.15) is 4.31 Å². The van der Waals surface area contributed by atoms with E-state index < -0.39 is 22.0 Å². The van der Waals surface area contributed by atoms with E-state index in [9.17, 15) is 18.0 Å². The van der Waals surface area contributed by atoms with Crippen molar-refractivity contribution in [2.24, 2.45) is 0 Å². The molecule has 0 spiro atoms. The number of carbonyl (C=O) groups is 2. The SMILES string of the molecule is COc1ccc(C(=O)N2C[C@@H](C(=O)NCCc3ccccc3)Oc3ccccc32)cc1S(=O)(=O)N1CCCC1. The van der Waals surface area contributed by atoms with E-state index in [1.807, 2.05) is 30.3 Å². The number of sulfonamides is 1. The summed E-state index contributed by atoms with van der Waals surface area (Å²) in [7, 11) is -2.44. The second-order valence-electron chi connectivity index (χ2n) is 9.49. The van der Waals surface area contributed by atoms with Gasteiger partial charge in [0.05, 0.1) is 19.3 Å². The van der Waals surface area contributed by atoms with Gasteiger partial charge in [-0.05, 0) is 55.2 Å². The molecule has 3 aromatic rings. The third-order valence-corrected chi connectivity index (χ3v) is 8.88. The van der Waals surface area contributed by atoms with E-state index in [4.69, 9.17) is 9.47 Å². The summed E-state index contributed by atoms with van der Waals surface area (Å²) in [6.07, 6.45) is 1.32. The van der Waals surface area contributed by atoms with Crippen LogP contribution >= 0.6 is 0 Å². The Bertz CT molecular complexity index is 1450. The molecular weight excluding hydrogens is 518 g/mol. The number of carbonyl (C=O) groups excluding carboxylic acids is 2. The average molecular weight is 550 g/mol. The fourth-order valence-corrected chi connectivity index (χ4v) is 6.59. The first-order valence-electron chi connectivity index (χ1n) is 13.0. The lowest BCUT2D eigenvalue weighted by molar-refractivity contribution is -0.127. The zero-order valence-corrected chi connectivity index (χ0v) is 22.5. The molecule has 9 nitrogen and oxygen atoms in total. The van der Waals surface area contributed by atoms with Gasteiger partial charge in [0.2, 0.25) is 10.0 Å². The predicted octanol–water partition coefficient (Wildman–Crippen LogP) is 3.25. The number of nitrogens with zero attached hydrogens (tertiary/aromatic N) is 2. The molecule has 3 aromatic carbocycles. The molecule has 0 aromatic heterocycles. The van der Waals surface area contributed by atoms with Gasteiger partial charge < -0.3 is 19.7 Å². The fraction of sp³-hybridized carbons (Fsp3) is 0.310. The summed E-state index contributed by atoms with van der Waals surface area (Å²) in [6.45, 7) is 1.27. The Labute approximate surface area is 228 Å². The molecule has 0 saturated carbocycles. The first-order chi connectivity index (χ1) is 18.9. The lowest BCUT2D eigenvalue weighted by atomic mass is 10.1. The number of nitrogens with one attached hydrogen (secondary N) is 1. The zero-order chi connectivity index (χ0) is 27.4. The standard InChI is InChI=1S/C29H31N3O6S/c1-37-25-14-13-22(19-27(25)39(35,36)31-17-7-8-18-31)29(34)32-20-26(38-24-12-6-5-11-23(24)32)28(33)30-16-15-21-9-3-2-4-10-21/h2-6,9-14,19,26H,7-8,15-18,20H2,1H3,(H,30,33)/t26-/m0/s1. The molecular formula is C29H31N3O6S. The summed E-state index contributed by atoms with van der Waals surface area (Å²) in [5, 5.41) is 2.90. The summed E-state index contributed by atoms with van der Waals surface area (Å²) in [6, 6.07) is 21.2. The highest BCUT2D eigenvalue weighted by Gasteiger charge is 2.36. The van der Waals surface area contributed by atoms with Crippen molar-refractivity contribution < 1.29 is 27.5 Å². The Morgan fingerprint density at radius 3 is 2.46 bits per heavy atom.